The van der Waals surface area contributed by atoms with E-state index in [-0.39, 0.29) is 12.8 Å². The molecule has 1 aliphatic heterocycles. The topological polar surface area (TPSA) is 89.6 Å². The van der Waals surface area contributed by atoms with Gasteiger partial charge in [-0.1, -0.05) is 6.08 Å². The minimum absolute atomic E-state index is 0.00801. The molecular weight excluding hydrogens is 162 g/mol. The molecule has 3 N–H and O–H groups in total. The van der Waals surface area contributed by atoms with Crippen molar-refractivity contribution in [3.05, 3.63) is 12.3 Å². The van der Waals surface area contributed by atoms with Crippen molar-refractivity contribution in [2.45, 2.75) is 18.4 Å². The number of hydrogen-bond donors (Lipinski definition) is 2. The van der Waals surface area contributed by atoms with Crippen LogP contribution < -0.4 is 5.73 Å². The van der Waals surface area contributed by atoms with Gasteiger partial charge in [-0.2, -0.15) is 0 Å². The van der Waals surface area contributed by atoms with Gasteiger partial charge in [0.05, 0.1) is 6.42 Å². The molecule has 0 amide bonds. The van der Waals surface area contributed by atoms with E-state index < -0.39 is 17.5 Å². The Morgan fingerprint density at radius 2 is 2.33 bits per heavy atom. The highest BCUT2D eigenvalue weighted by Crippen LogP contribution is 2.24. The molecule has 1 rings (SSSR count). The molecule has 66 valence electrons. The van der Waals surface area contributed by atoms with Gasteiger partial charge in [-0.15, -0.1) is 0 Å². The van der Waals surface area contributed by atoms with Crippen molar-refractivity contribution in [2.75, 3.05) is 0 Å². The number of cyclic esters (lactones) is 2. The highest BCUT2D eigenvalue weighted by molar-refractivity contribution is 5.99. The summed E-state index contributed by atoms with van der Waals surface area (Å²) in [6.07, 6.45) is 2.32. The lowest BCUT2D eigenvalue weighted by Crippen LogP contribution is -2.33. The summed E-state index contributed by atoms with van der Waals surface area (Å²) in [6.45, 7) is 0. The highest BCUT2D eigenvalue weighted by Gasteiger charge is 2.46. The van der Waals surface area contributed by atoms with Gasteiger partial charge in [0.2, 0.25) is 0 Å². The number of ether oxygens (including phenoxy) is 1. The van der Waals surface area contributed by atoms with E-state index in [9.17, 15) is 14.7 Å². The van der Waals surface area contributed by atoms with E-state index in [0.717, 1.165) is 0 Å². The zero-order chi connectivity index (χ0) is 9.19. The van der Waals surface area contributed by atoms with Gasteiger partial charge in [-0.25, -0.2) is 4.79 Å². The summed E-state index contributed by atoms with van der Waals surface area (Å²) in [7, 11) is 0. The first kappa shape index (κ1) is 8.73. The molecule has 0 radical (unpaired) electrons. The Labute approximate surface area is 68.8 Å². The summed E-state index contributed by atoms with van der Waals surface area (Å²) in [5, 5.41) is 9.46. The first-order chi connectivity index (χ1) is 5.58. The van der Waals surface area contributed by atoms with Gasteiger partial charge in [0.15, 0.2) is 5.60 Å². The Balaban J connectivity index is 2.70. The van der Waals surface area contributed by atoms with Gasteiger partial charge in [0.25, 0.3) is 0 Å². The molecule has 0 aliphatic carbocycles. The van der Waals surface area contributed by atoms with E-state index in [4.69, 9.17) is 5.73 Å². The van der Waals surface area contributed by atoms with Crippen LogP contribution in [0.15, 0.2) is 12.3 Å². The average molecular weight is 171 g/mol. The molecule has 1 unspecified atom stereocenters. The van der Waals surface area contributed by atoms with Crippen LogP contribution >= 0.6 is 0 Å². The predicted molar refractivity (Wildman–Crippen MR) is 38.6 cm³/mol. The molecule has 0 saturated carbocycles. The maximum Gasteiger partial charge on any atom is 0.346 e. The Bertz CT molecular complexity index is 248. The molecule has 1 heterocycles. The molecule has 1 fully saturated rings. The molecule has 1 aliphatic rings. The fraction of sp³-hybridized carbons (Fsp3) is 0.429. The molecular formula is C7H9NO4. The maximum atomic E-state index is 10.8. The van der Waals surface area contributed by atoms with E-state index in [1.54, 1.807) is 0 Å². The summed E-state index contributed by atoms with van der Waals surface area (Å²) in [5.74, 6) is -1.60. The van der Waals surface area contributed by atoms with Crippen molar-refractivity contribution in [1.82, 2.24) is 0 Å². The second-order valence-electron chi connectivity index (χ2n) is 2.60. The van der Waals surface area contributed by atoms with E-state index in [0.29, 0.717) is 0 Å². The van der Waals surface area contributed by atoms with Gasteiger partial charge in [0.1, 0.15) is 0 Å². The van der Waals surface area contributed by atoms with Gasteiger partial charge in [0, 0.05) is 6.42 Å². The van der Waals surface area contributed by atoms with Crippen LogP contribution in [0.25, 0.3) is 0 Å². The van der Waals surface area contributed by atoms with Crippen molar-refractivity contribution < 1.29 is 19.4 Å². The number of rotatable bonds is 2. The quantitative estimate of drug-likeness (QED) is 0.413. The molecule has 0 spiro atoms. The van der Waals surface area contributed by atoms with E-state index >= 15 is 0 Å². The number of hydrogen-bond acceptors (Lipinski definition) is 5. The molecule has 0 aromatic rings. The first-order valence-electron chi connectivity index (χ1n) is 3.43. The van der Waals surface area contributed by atoms with Gasteiger partial charge >= 0.3 is 11.9 Å². The molecule has 12 heavy (non-hydrogen) atoms. The number of nitrogens with two attached hydrogens (primary N) is 1. The van der Waals surface area contributed by atoms with E-state index in [2.05, 4.69) is 4.74 Å². The van der Waals surface area contributed by atoms with Gasteiger partial charge in [-0.05, 0) is 6.20 Å². The van der Waals surface area contributed by atoms with Gasteiger partial charge in [-0.3, -0.25) is 4.79 Å². The zero-order valence-electron chi connectivity index (χ0n) is 6.32. The molecule has 1 saturated heterocycles. The third-order valence-electron chi connectivity index (χ3n) is 1.61. The fourth-order valence-electron chi connectivity index (χ4n) is 0.964. The fourth-order valence-corrected chi connectivity index (χ4v) is 0.964. The molecule has 5 heteroatoms. The second kappa shape index (κ2) is 2.94. The minimum Gasteiger partial charge on any atom is -0.405 e. The number of aliphatic hydroxyl groups is 1. The standard InChI is InChI=1S/C7H9NO4/c8-3-1-2-7(11)4-5(9)12-6(7)10/h1,3,11H,2,4,8H2. The monoisotopic (exact) mass is 171 g/mol. The maximum absolute atomic E-state index is 10.8. The van der Waals surface area contributed by atoms with E-state index in [1.807, 2.05) is 0 Å². The summed E-state index contributed by atoms with van der Waals surface area (Å²) < 4.78 is 4.17. The van der Waals surface area contributed by atoms with Crippen LogP contribution in [-0.2, 0) is 14.3 Å². The van der Waals surface area contributed by atoms with Gasteiger partial charge < -0.3 is 15.6 Å². The number of carbonyl (C=O) groups excluding carboxylic acids is 2. The normalized spacial score (nSPS) is 29.8. The van der Waals surface area contributed by atoms with Crippen LogP contribution in [0.4, 0.5) is 0 Å². The van der Waals surface area contributed by atoms with Crippen molar-refractivity contribution >= 4 is 11.9 Å². The molecule has 0 bridgehead atoms. The Kier molecular flexibility index (Phi) is 2.14. The lowest BCUT2D eigenvalue weighted by atomic mass is 9.98. The SMILES string of the molecule is NC=CCC1(O)CC(=O)OC1=O. The largest absolute Gasteiger partial charge is 0.405 e. The van der Waals surface area contributed by atoms with Crippen molar-refractivity contribution in [1.29, 1.82) is 0 Å². The average Bonchev–Trinajstić information content (AvgIpc) is 2.23. The van der Waals surface area contributed by atoms with Crippen LogP contribution in [-0.4, -0.2) is 22.6 Å². The second-order valence-corrected chi connectivity index (χ2v) is 2.60. The molecule has 0 aromatic carbocycles. The first-order valence-corrected chi connectivity index (χ1v) is 3.43. The summed E-state index contributed by atoms with van der Waals surface area (Å²) in [5.41, 5.74) is 3.32. The molecule has 0 aromatic heterocycles. The lowest BCUT2D eigenvalue weighted by Gasteiger charge is -2.12. The third-order valence-corrected chi connectivity index (χ3v) is 1.61. The summed E-state index contributed by atoms with van der Waals surface area (Å²) in [6, 6.07) is 0. The van der Waals surface area contributed by atoms with Crippen molar-refractivity contribution in [3.63, 3.8) is 0 Å². The molecule has 1 atom stereocenters. The Morgan fingerprint density at radius 3 is 2.75 bits per heavy atom. The van der Waals surface area contributed by atoms with Crippen LogP contribution in [0.5, 0.6) is 0 Å². The zero-order valence-corrected chi connectivity index (χ0v) is 6.32. The highest BCUT2D eigenvalue weighted by atomic mass is 16.6. The van der Waals surface area contributed by atoms with Crippen molar-refractivity contribution in [2.24, 2.45) is 5.73 Å². The number of carbonyl (C=O) groups is 2. The van der Waals surface area contributed by atoms with E-state index in [1.165, 1.54) is 12.3 Å². The summed E-state index contributed by atoms with van der Waals surface area (Å²) >= 11 is 0. The van der Waals surface area contributed by atoms with Crippen LogP contribution in [0, 0.1) is 0 Å². The van der Waals surface area contributed by atoms with Crippen LogP contribution in [0.3, 0.4) is 0 Å². The predicted octanol–water partition coefficient (Wildman–Crippen LogP) is -0.947. The minimum atomic E-state index is -1.70. The van der Waals surface area contributed by atoms with Crippen molar-refractivity contribution in [3.8, 4) is 0 Å². The third kappa shape index (κ3) is 1.45. The molecule has 5 nitrogen and oxygen atoms in total. The summed E-state index contributed by atoms with van der Waals surface area (Å²) in [4.78, 5) is 21.4. The van der Waals surface area contributed by atoms with Crippen LogP contribution in [0.2, 0.25) is 0 Å². The van der Waals surface area contributed by atoms with Crippen LogP contribution in [0.1, 0.15) is 12.8 Å². The number of esters is 2. The Morgan fingerprint density at radius 1 is 1.67 bits per heavy atom. The Hall–Kier alpha value is -1.36. The smallest absolute Gasteiger partial charge is 0.346 e. The lowest BCUT2D eigenvalue weighted by molar-refractivity contribution is -0.158.